The molecule has 2 amide bonds. The van der Waals surface area contributed by atoms with Crippen LogP contribution in [0.3, 0.4) is 0 Å². The molecule has 1 heterocycles. The molecule has 12 heteroatoms. The first kappa shape index (κ1) is 23.5. The van der Waals surface area contributed by atoms with Gasteiger partial charge in [-0.05, 0) is 35.4 Å². The van der Waals surface area contributed by atoms with Crippen LogP contribution in [0.1, 0.15) is 22.3 Å². The maximum atomic E-state index is 12.9. The Labute approximate surface area is 171 Å². The van der Waals surface area contributed by atoms with Gasteiger partial charge in [0, 0.05) is 12.6 Å². The number of pyridine rings is 1. The zero-order chi connectivity index (χ0) is 22.7. The third kappa shape index (κ3) is 6.61. The number of aromatic nitrogens is 1. The van der Waals surface area contributed by atoms with Crippen molar-refractivity contribution in [2.75, 3.05) is 0 Å². The molecule has 1 aromatic heterocycles. The van der Waals surface area contributed by atoms with Gasteiger partial charge in [0.25, 0.3) is 0 Å². The fourth-order valence-corrected chi connectivity index (χ4v) is 2.65. The summed E-state index contributed by atoms with van der Waals surface area (Å²) in [4.78, 5) is 27.6. The number of benzene rings is 1. The monoisotopic (exact) mass is 453 g/mol. The van der Waals surface area contributed by atoms with E-state index in [-0.39, 0.29) is 17.6 Å². The molecule has 30 heavy (non-hydrogen) atoms. The highest BCUT2D eigenvalue weighted by molar-refractivity contribution is 6.29. The van der Waals surface area contributed by atoms with Crippen LogP contribution in [0.4, 0.5) is 26.3 Å². The number of hydrogen-bond acceptors (Lipinski definition) is 3. The van der Waals surface area contributed by atoms with Gasteiger partial charge in [-0.3, -0.25) is 9.59 Å². The summed E-state index contributed by atoms with van der Waals surface area (Å²) in [5, 5.41) is 2.39. The first-order valence-electron chi connectivity index (χ1n) is 8.23. The third-order valence-electron chi connectivity index (χ3n) is 3.92. The van der Waals surface area contributed by atoms with E-state index in [0.29, 0.717) is 17.7 Å². The van der Waals surface area contributed by atoms with E-state index in [4.69, 9.17) is 17.3 Å². The smallest absolute Gasteiger partial charge is 0.368 e. The SMILES string of the molecule is NC(=O)[C@H](Cc1ccc(Cl)nc1)NC(=O)Cc1cc(C(F)(F)F)cc(C(F)(F)F)c1. The molecule has 2 rings (SSSR count). The van der Waals surface area contributed by atoms with Crippen LogP contribution >= 0.6 is 11.6 Å². The summed E-state index contributed by atoms with van der Waals surface area (Å²) in [6, 6.07) is 2.53. The molecule has 0 aliphatic heterocycles. The van der Waals surface area contributed by atoms with Crippen molar-refractivity contribution in [2.45, 2.75) is 31.2 Å². The number of carbonyl (C=O) groups excluding carboxylic acids is 2. The van der Waals surface area contributed by atoms with E-state index < -0.39 is 53.3 Å². The number of alkyl halides is 6. The minimum absolute atomic E-state index is 0.0405. The number of nitrogens with zero attached hydrogens (tertiary/aromatic N) is 1. The molecule has 0 saturated carbocycles. The molecule has 0 aliphatic carbocycles. The summed E-state index contributed by atoms with van der Waals surface area (Å²) in [6.45, 7) is 0. The number of halogens is 7. The summed E-state index contributed by atoms with van der Waals surface area (Å²) in [5.74, 6) is -1.92. The number of rotatable bonds is 6. The molecule has 0 bridgehead atoms. The van der Waals surface area contributed by atoms with Crippen LogP contribution in [0.25, 0.3) is 0 Å². The van der Waals surface area contributed by atoms with Crippen molar-refractivity contribution < 1.29 is 35.9 Å². The van der Waals surface area contributed by atoms with Crippen LogP contribution in [0.2, 0.25) is 5.15 Å². The van der Waals surface area contributed by atoms with Crippen molar-refractivity contribution in [3.05, 3.63) is 63.9 Å². The van der Waals surface area contributed by atoms with Crippen LogP contribution < -0.4 is 11.1 Å². The zero-order valence-corrected chi connectivity index (χ0v) is 15.7. The second-order valence-electron chi connectivity index (χ2n) is 6.31. The predicted molar refractivity (Wildman–Crippen MR) is 94.2 cm³/mol. The second kappa shape index (κ2) is 8.90. The standard InChI is InChI=1S/C18H14ClF6N3O2/c19-14-2-1-9(8-27-14)5-13(16(26)30)28-15(29)6-10-3-11(17(20,21)22)7-12(4-10)18(23,24)25/h1-4,7-8,13H,5-6H2,(H2,26,30)(H,28,29)/t13-/m0/s1. The van der Waals surface area contributed by atoms with Crippen molar-refractivity contribution >= 4 is 23.4 Å². The summed E-state index contributed by atoms with van der Waals surface area (Å²) < 4.78 is 77.5. The van der Waals surface area contributed by atoms with E-state index in [1.807, 2.05) is 0 Å². The molecule has 0 unspecified atom stereocenters. The number of primary amides is 1. The Morgan fingerprint density at radius 3 is 2.00 bits per heavy atom. The first-order chi connectivity index (χ1) is 13.8. The highest BCUT2D eigenvalue weighted by Crippen LogP contribution is 2.36. The number of carbonyl (C=O) groups is 2. The lowest BCUT2D eigenvalue weighted by Crippen LogP contribution is -2.46. The predicted octanol–water partition coefficient (Wildman–Crippen LogP) is 3.53. The lowest BCUT2D eigenvalue weighted by Gasteiger charge is -2.17. The molecular weight excluding hydrogens is 440 g/mol. The molecule has 1 atom stereocenters. The quantitative estimate of drug-likeness (QED) is 0.518. The number of hydrogen-bond donors (Lipinski definition) is 2. The molecular formula is C18H14ClF6N3O2. The Hall–Kier alpha value is -2.82. The van der Waals surface area contributed by atoms with Gasteiger partial charge in [-0.15, -0.1) is 0 Å². The average molecular weight is 454 g/mol. The van der Waals surface area contributed by atoms with Crippen molar-refractivity contribution in [1.82, 2.24) is 10.3 Å². The van der Waals surface area contributed by atoms with E-state index in [9.17, 15) is 35.9 Å². The second-order valence-corrected chi connectivity index (χ2v) is 6.69. The fourth-order valence-electron chi connectivity index (χ4n) is 2.54. The molecule has 2 aromatic rings. The Morgan fingerprint density at radius 1 is 1.00 bits per heavy atom. The van der Waals surface area contributed by atoms with Gasteiger partial charge in [-0.25, -0.2) is 4.98 Å². The zero-order valence-electron chi connectivity index (χ0n) is 14.9. The van der Waals surface area contributed by atoms with Crippen LogP contribution in [0, 0.1) is 0 Å². The maximum Gasteiger partial charge on any atom is 0.416 e. The van der Waals surface area contributed by atoms with Gasteiger partial charge >= 0.3 is 12.4 Å². The van der Waals surface area contributed by atoms with E-state index in [2.05, 4.69) is 10.3 Å². The summed E-state index contributed by atoms with van der Waals surface area (Å²) in [7, 11) is 0. The summed E-state index contributed by atoms with van der Waals surface area (Å²) in [6.07, 6.45) is -9.67. The lowest BCUT2D eigenvalue weighted by molar-refractivity contribution is -0.143. The van der Waals surface area contributed by atoms with Gasteiger partial charge in [0.05, 0.1) is 17.5 Å². The Balaban J connectivity index is 2.20. The summed E-state index contributed by atoms with van der Waals surface area (Å²) in [5.41, 5.74) is 2.09. The molecule has 0 fully saturated rings. The first-order valence-corrected chi connectivity index (χ1v) is 8.61. The van der Waals surface area contributed by atoms with E-state index in [1.54, 1.807) is 0 Å². The van der Waals surface area contributed by atoms with Crippen molar-refractivity contribution in [1.29, 1.82) is 0 Å². The average Bonchev–Trinajstić information content (AvgIpc) is 2.61. The fraction of sp³-hybridized carbons (Fsp3) is 0.278. The van der Waals surface area contributed by atoms with Gasteiger partial charge in [-0.2, -0.15) is 26.3 Å². The van der Waals surface area contributed by atoms with Crippen LogP contribution in [-0.4, -0.2) is 22.8 Å². The van der Waals surface area contributed by atoms with Crippen molar-refractivity contribution in [2.24, 2.45) is 5.73 Å². The summed E-state index contributed by atoms with van der Waals surface area (Å²) >= 11 is 5.64. The van der Waals surface area contributed by atoms with Gasteiger partial charge < -0.3 is 11.1 Å². The Morgan fingerprint density at radius 2 is 1.57 bits per heavy atom. The normalized spacial score (nSPS) is 13.0. The van der Waals surface area contributed by atoms with Crippen LogP contribution in [-0.2, 0) is 34.8 Å². The van der Waals surface area contributed by atoms with Crippen LogP contribution in [0.5, 0.6) is 0 Å². The highest BCUT2D eigenvalue weighted by Gasteiger charge is 2.37. The molecule has 3 N–H and O–H groups in total. The van der Waals surface area contributed by atoms with Crippen molar-refractivity contribution in [3.63, 3.8) is 0 Å². The minimum Gasteiger partial charge on any atom is -0.368 e. The highest BCUT2D eigenvalue weighted by atomic mass is 35.5. The molecule has 162 valence electrons. The lowest BCUT2D eigenvalue weighted by atomic mass is 10.0. The Kier molecular flexibility index (Phi) is 6.96. The van der Waals surface area contributed by atoms with Gasteiger partial charge in [0.2, 0.25) is 11.8 Å². The van der Waals surface area contributed by atoms with E-state index in [0.717, 1.165) is 0 Å². The molecule has 0 radical (unpaired) electrons. The van der Waals surface area contributed by atoms with Crippen molar-refractivity contribution in [3.8, 4) is 0 Å². The molecule has 0 spiro atoms. The van der Waals surface area contributed by atoms with Crippen LogP contribution in [0.15, 0.2) is 36.5 Å². The minimum atomic E-state index is -5.04. The number of amides is 2. The third-order valence-corrected chi connectivity index (χ3v) is 4.14. The van der Waals surface area contributed by atoms with Gasteiger partial charge in [0.1, 0.15) is 11.2 Å². The Bertz CT molecular complexity index is 897. The van der Waals surface area contributed by atoms with E-state index >= 15 is 0 Å². The number of nitrogens with two attached hydrogens (primary N) is 1. The molecule has 0 saturated heterocycles. The van der Waals surface area contributed by atoms with E-state index in [1.165, 1.54) is 18.3 Å². The number of nitrogens with one attached hydrogen (secondary N) is 1. The largest absolute Gasteiger partial charge is 0.416 e. The van der Waals surface area contributed by atoms with Gasteiger partial charge in [-0.1, -0.05) is 17.7 Å². The molecule has 5 nitrogen and oxygen atoms in total. The molecule has 1 aromatic carbocycles. The topological polar surface area (TPSA) is 85.1 Å². The van der Waals surface area contributed by atoms with Gasteiger partial charge in [0.15, 0.2) is 0 Å². The molecule has 0 aliphatic rings. The maximum absolute atomic E-state index is 12.9.